The van der Waals surface area contributed by atoms with Crippen LogP contribution in [0.3, 0.4) is 0 Å². The molecule has 3 rings (SSSR count). The van der Waals surface area contributed by atoms with Crippen LogP contribution < -0.4 is 5.56 Å². The van der Waals surface area contributed by atoms with E-state index >= 15 is 0 Å². The molecule has 0 aliphatic rings. The maximum atomic E-state index is 11.7. The second-order valence-electron chi connectivity index (χ2n) is 5.02. The third kappa shape index (κ3) is 3.45. The van der Waals surface area contributed by atoms with E-state index in [1.807, 2.05) is 36.8 Å². The summed E-state index contributed by atoms with van der Waals surface area (Å²) < 4.78 is 1.71. The lowest BCUT2D eigenvalue weighted by Gasteiger charge is -2.07. The number of hydrogen-bond acceptors (Lipinski definition) is 2. The van der Waals surface area contributed by atoms with Gasteiger partial charge in [-0.2, -0.15) is 0 Å². The Balaban J connectivity index is 1.73. The van der Waals surface area contributed by atoms with Gasteiger partial charge >= 0.3 is 0 Å². The Hall–Kier alpha value is -2.68. The average molecular weight is 276 g/mol. The number of benzene rings is 1. The molecule has 3 aromatic rings. The molecule has 0 fully saturated rings. The fourth-order valence-electron chi connectivity index (χ4n) is 2.29. The number of rotatable bonds is 4. The monoisotopic (exact) mass is 276 g/mol. The minimum atomic E-state index is 0.0263. The molecule has 3 heteroatoms. The molecule has 0 unspecified atom stereocenters. The molecule has 0 saturated heterocycles. The largest absolute Gasteiger partial charge is 0.311 e. The summed E-state index contributed by atoms with van der Waals surface area (Å²) in [7, 11) is 0. The van der Waals surface area contributed by atoms with Gasteiger partial charge in [0.05, 0.1) is 6.54 Å². The molecule has 2 heterocycles. The van der Waals surface area contributed by atoms with Crippen LogP contribution in [0.1, 0.15) is 16.7 Å². The molecular weight excluding hydrogens is 260 g/mol. The van der Waals surface area contributed by atoms with Gasteiger partial charge in [-0.25, -0.2) is 0 Å². The Morgan fingerprint density at radius 1 is 0.810 bits per heavy atom. The Kier molecular flexibility index (Phi) is 3.92. The Labute approximate surface area is 123 Å². The van der Waals surface area contributed by atoms with Gasteiger partial charge in [-0.3, -0.25) is 9.78 Å². The van der Waals surface area contributed by atoms with Gasteiger partial charge in [0.15, 0.2) is 0 Å². The second kappa shape index (κ2) is 6.18. The summed E-state index contributed by atoms with van der Waals surface area (Å²) in [5.74, 6) is 0. The van der Waals surface area contributed by atoms with Crippen LogP contribution in [-0.2, 0) is 13.0 Å². The predicted molar refractivity (Wildman–Crippen MR) is 83.3 cm³/mol. The summed E-state index contributed by atoms with van der Waals surface area (Å²) >= 11 is 0. The van der Waals surface area contributed by atoms with Crippen molar-refractivity contribution < 1.29 is 0 Å². The molecule has 104 valence electrons. The zero-order valence-corrected chi connectivity index (χ0v) is 11.6. The molecule has 0 N–H and O–H groups in total. The van der Waals surface area contributed by atoms with Crippen LogP contribution in [0.5, 0.6) is 0 Å². The van der Waals surface area contributed by atoms with Crippen molar-refractivity contribution >= 4 is 0 Å². The second-order valence-corrected chi connectivity index (χ2v) is 5.02. The molecule has 3 nitrogen and oxygen atoms in total. The van der Waals surface area contributed by atoms with Crippen LogP contribution in [0.25, 0.3) is 0 Å². The zero-order chi connectivity index (χ0) is 14.5. The lowest BCUT2D eigenvalue weighted by atomic mass is 10.0. The molecule has 21 heavy (non-hydrogen) atoms. The van der Waals surface area contributed by atoms with Crippen LogP contribution in [0.2, 0.25) is 0 Å². The van der Waals surface area contributed by atoms with Crippen molar-refractivity contribution in [2.24, 2.45) is 0 Å². The highest BCUT2D eigenvalue weighted by molar-refractivity contribution is 5.28. The molecule has 0 radical (unpaired) electrons. The number of pyridine rings is 2. The van der Waals surface area contributed by atoms with Gasteiger partial charge in [-0.15, -0.1) is 0 Å². The van der Waals surface area contributed by atoms with E-state index in [9.17, 15) is 4.79 Å². The normalized spacial score (nSPS) is 10.5. The topological polar surface area (TPSA) is 34.9 Å². The van der Waals surface area contributed by atoms with Crippen molar-refractivity contribution in [3.8, 4) is 0 Å². The minimum absolute atomic E-state index is 0.0263. The van der Waals surface area contributed by atoms with Gasteiger partial charge < -0.3 is 4.57 Å². The zero-order valence-electron chi connectivity index (χ0n) is 11.6. The smallest absolute Gasteiger partial charge is 0.250 e. The summed E-state index contributed by atoms with van der Waals surface area (Å²) in [6.45, 7) is 0.606. The summed E-state index contributed by atoms with van der Waals surface area (Å²) in [5, 5.41) is 0. The highest BCUT2D eigenvalue weighted by atomic mass is 16.1. The predicted octanol–water partition coefficient (Wildman–Crippen LogP) is 2.88. The van der Waals surface area contributed by atoms with E-state index in [1.165, 1.54) is 11.1 Å². The highest BCUT2D eigenvalue weighted by Gasteiger charge is 1.99. The van der Waals surface area contributed by atoms with Crippen LogP contribution in [0.15, 0.2) is 78.0 Å². The summed E-state index contributed by atoms with van der Waals surface area (Å²) in [5.41, 5.74) is 3.66. The van der Waals surface area contributed by atoms with Crippen molar-refractivity contribution in [3.63, 3.8) is 0 Å². The Morgan fingerprint density at radius 3 is 2.19 bits per heavy atom. The van der Waals surface area contributed by atoms with E-state index in [2.05, 4.69) is 29.2 Å². The quantitative estimate of drug-likeness (QED) is 0.734. The number of nitrogens with zero attached hydrogens (tertiary/aromatic N) is 2. The SMILES string of the molecule is O=c1ccccn1Cc1ccc(Cc2ccncc2)cc1. The van der Waals surface area contributed by atoms with Crippen LogP contribution in [0, 0.1) is 0 Å². The van der Waals surface area contributed by atoms with Gasteiger partial charge in [0.2, 0.25) is 0 Å². The first-order valence-corrected chi connectivity index (χ1v) is 6.93. The first kappa shape index (κ1) is 13.3. The summed E-state index contributed by atoms with van der Waals surface area (Å²) in [6.07, 6.45) is 6.33. The molecule has 0 amide bonds. The molecule has 2 aromatic heterocycles. The van der Waals surface area contributed by atoms with Crippen molar-refractivity contribution in [3.05, 3.63) is 100 Å². The molecule has 1 aromatic carbocycles. The lowest BCUT2D eigenvalue weighted by Crippen LogP contribution is -2.18. The summed E-state index contributed by atoms with van der Waals surface area (Å²) in [6, 6.07) is 17.7. The maximum absolute atomic E-state index is 11.7. The number of aromatic nitrogens is 2. The van der Waals surface area contributed by atoms with Crippen molar-refractivity contribution in [2.75, 3.05) is 0 Å². The van der Waals surface area contributed by atoms with Gasteiger partial charge in [0.25, 0.3) is 5.56 Å². The molecule has 0 bridgehead atoms. The average Bonchev–Trinajstić information content (AvgIpc) is 2.52. The third-order valence-electron chi connectivity index (χ3n) is 3.43. The maximum Gasteiger partial charge on any atom is 0.250 e. The molecule has 0 aliphatic carbocycles. The lowest BCUT2D eigenvalue weighted by molar-refractivity contribution is 0.759. The molecular formula is C18H16N2O. The molecule has 0 atom stereocenters. The Morgan fingerprint density at radius 2 is 1.48 bits per heavy atom. The van der Waals surface area contributed by atoms with Gasteiger partial charge in [0.1, 0.15) is 0 Å². The standard InChI is InChI=1S/C18H16N2O/c21-18-3-1-2-12-20(18)14-17-6-4-15(5-7-17)13-16-8-10-19-11-9-16/h1-12H,13-14H2. The van der Waals surface area contributed by atoms with Crippen LogP contribution >= 0.6 is 0 Å². The summed E-state index contributed by atoms with van der Waals surface area (Å²) in [4.78, 5) is 15.7. The molecule has 0 spiro atoms. The highest BCUT2D eigenvalue weighted by Crippen LogP contribution is 2.10. The van der Waals surface area contributed by atoms with Gasteiger partial charge in [0, 0.05) is 24.7 Å². The fourth-order valence-corrected chi connectivity index (χ4v) is 2.29. The fraction of sp³-hybridized carbons (Fsp3) is 0.111. The van der Waals surface area contributed by atoms with Crippen molar-refractivity contribution in [1.82, 2.24) is 9.55 Å². The van der Waals surface area contributed by atoms with E-state index in [0.717, 1.165) is 12.0 Å². The number of hydrogen-bond donors (Lipinski definition) is 0. The van der Waals surface area contributed by atoms with Gasteiger partial charge in [-0.05, 0) is 41.3 Å². The van der Waals surface area contributed by atoms with E-state index in [-0.39, 0.29) is 5.56 Å². The first-order valence-electron chi connectivity index (χ1n) is 6.93. The third-order valence-corrected chi connectivity index (χ3v) is 3.43. The van der Waals surface area contributed by atoms with Crippen LogP contribution in [0.4, 0.5) is 0 Å². The van der Waals surface area contributed by atoms with Crippen molar-refractivity contribution in [1.29, 1.82) is 0 Å². The van der Waals surface area contributed by atoms with Gasteiger partial charge in [-0.1, -0.05) is 30.3 Å². The first-order chi connectivity index (χ1) is 10.3. The Bertz CT molecular complexity index is 761. The van der Waals surface area contributed by atoms with Crippen LogP contribution in [-0.4, -0.2) is 9.55 Å². The van der Waals surface area contributed by atoms with E-state index in [4.69, 9.17) is 0 Å². The molecule has 0 aliphatic heterocycles. The van der Waals surface area contributed by atoms with E-state index in [0.29, 0.717) is 6.54 Å². The van der Waals surface area contributed by atoms with Crippen molar-refractivity contribution in [2.45, 2.75) is 13.0 Å². The molecule has 0 saturated carbocycles. The van der Waals surface area contributed by atoms with E-state index < -0.39 is 0 Å². The van der Waals surface area contributed by atoms with E-state index in [1.54, 1.807) is 16.7 Å². The minimum Gasteiger partial charge on any atom is -0.311 e.